The number of carbonyl (C=O) groups excluding carboxylic acids is 1. The zero-order chi connectivity index (χ0) is 18.7. The minimum Gasteiger partial charge on any atom is -0.451 e. The van der Waals surface area contributed by atoms with Crippen molar-refractivity contribution >= 4 is 5.91 Å². The van der Waals surface area contributed by atoms with Crippen molar-refractivity contribution in [3.63, 3.8) is 0 Å². The summed E-state index contributed by atoms with van der Waals surface area (Å²) in [5.41, 5.74) is 1.69. The van der Waals surface area contributed by atoms with Crippen molar-refractivity contribution in [2.75, 3.05) is 39.9 Å². The molecule has 1 atom stereocenters. The number of ether oxygens (including phenoxy) is 1. The first kappa shape index (κ1) is 18.1. The van der Waals surface area contributed by atoms with Crippen LogP contribution in [0.5, 0.6) is 0 Å². The Morgan fingerprint density at radius 2 is 2.19 bits per heavy atom. The minimum absolute atomic E-state index is 0.0368. The molecule has 1 amide bonds. The van der Waals surface area contributed by atoms with Gasteiger partial charge in [0, 0.05) is 51.9 Å². The molecular weight excluding hydrogens is 344 g/mol. The van der Waals surface area contributed by atoms with E-state index in [1.54, 1.807) is 7.11 Å². The Kier molecular flexibility index (Phi) is 5.22. The number of oxazole rings is 1. The fraction of sp³-hybridized carbons (Fsp3) is 0.550. The highest BCUT2D eigenvalue weighted by atomic mass is 16.5. The van der Waals surface area contributed by atoms with E-state index in [0.717, 1.165) is 57.9 Å². The molecule has 27 heavy (non-hydrogen) atoms. The lowest BCUT2D eigenvalue weighted by atomic mass is 9.71. The molecule has 0 aliphatic carbocycles. The average molecular weight is 370 g/mol. The first-order chi connectivity index (χ1) is 13.2. The SMILES string of the molecule is COC[C@@H]1CN(Cc2ccccn2)CC12CCN(C(=O)c1cocn1)CC2. The Morgan fingerprint density at radius 1 is 1.33 bits per heavy atom. The highest BCUT2D eigenvalue weighted by Crippen LogP contribution is 2.45. The summed E-state index contributed by atoms with van der Waals surface area (Å²) in [6, 6.07) is 6.06. The minimum atomic E-state index is -0.0368. The van der Waals surface area contributed by atoms with Crippen LogP contribution in [0.2, 0.25) is 0 Å². The number of hydrogen-bond acceptors (Lipinski definition) is 6. The molecule has 0 N–H and O–H groups in total. The number of likely N-dealkylation sites (tertiary alicyclic amines) is 2. The van der Waals surface area contributed by atoms with E-state index in [9.17, 15) is 4.79 Å². The van der Waals surface area contributed by atoms with Crippen LogP contribution in [0.3, 0.4) is 0 Å². The molecule has 7 heteroatoms. The number of aromatic nitrogens is 2. The molecule has 0 unspecified atom stereocenters. The first-order valence-corrected chi connectivity index (χ1v) is 9.49. The van der Waals surface area contributed by atoms with E-state index in [1.807, 2.05) is 23.2 Å². The standard InChI is InChI=1S/C20H26N4O3/c1-26-12-16-10-23(11-17-4-2-3-7-21-17)14-20(16)5-8-24(9-6-20)19(25)18-13-27-15-22-18/h2-4,7,13,15-16H,5-6,8-12,14H2,1H3/t16-/m0/s1. The van der Waals surface area contributed by atoms with Gasteiger partial charge in [-0.25, -0.2) is 4.98 Å². The van der Waals surface area contributed by atoms with Crippen molar-refractivity contribution in [1.82, 2.24) is 19.8 Å². The number of methoxy groups -OCH3 is 1. The van der Waals surface area contributed by atoms with Gasteiger partial charge in [0.25, 0.3) is 5.91 Å². The van der Waals surface area contributed by atoms with Crippen LogP contribution in [0.25, 0.3) is 0 Å². The van der Waals surface area contributed by atoms with Gasteiger partial charge in [-0.05, 0) is 30.4 Å². The third-order valence-electron chi connectivity index (χ3n) is 6.06. The van der Waals surface area contributed by atoms with Crippen molar-refractivity contribution in [2.24, 2.45) is 11.3 Å². The van der Waals surface area contributed by atoms with Crippen molar-refractivity contribution in [2.45, 2.75) is 19.4 Å². The Morgan fingerprint density at radius 3 is 2.85 bits per heavy atom. The number of pyridine rings is 1. The lowest BCUT2D eigenvalue weighted by Gasteiger charge is -2.42. The molecule has 2 aliphatic rings. The molecule has 0 aromatic carbocycles. The van der Waals surface area contributed by atoms with Crippen molar-refractivity contribution in [1.29, 1.82) is 0 Å². The number of rotatable bonds is 5. The van der Waals surface area contributed by atoms with Crippen molar-refractivity contribution in [3.05, 3.63) is 48.4 Å². The maximum atomic E-state index is 12.5. The third-order valence-corrected chi connectivity index (χ3v) is 6.06. The molecule has 0 bridgehead atoms. The fourth-order valence-electron chi connectivity index (χ4n) is 4.62. The monoisotopic (exact) mass is 370 g/mol. The van der Waals surface area contributed by atoms with Crippen LogP contribution in [-0.2, 0) is 11.3 Å². The van der Waals surface area contributed by atoms with E-state index >= 15 is 0 Å². The summed E-state index contributed by atoms with van der Waals surface area (Å²) in [5.74, 6) is 0.445. The van der Waals surface area contributed by atoms with Gasteiger partial charge in [0.2, 0.25) is 0 Å². The molecule has 0 saturated carbocycles. The molecule has 4 heterocycles. The normalized spacial score (nSPS) is 22.4. The van der Waals surface area contributed by atoms with Gasteiger partial charge < -0.3 is 14.1 Å². The van der Waals surface area contributed by atoms with Crippen LogP contribution in [0.4, 0.5) is 0 Å². The molecule has 0 radical (unpaired) electrons. The fourth-order valence-corrected chi connectivity index (χ4v) is 4.62. The second-order valence-corrected chi connectivity index (χ2v) is 7.67. The van der Waals surface area contributed by atoms with Gasteiger partial charge in [0.15, 0.2) is 12.1 Å². The molecule has 2 aromatic heterocycles. The van der Waals surface area contributed by atoms with Crippen LogP contribution in [0.1, 0.15) is 29.0 Å². The topological polar surface area (TPSA) is 71.7 Å². The van der Waals surface area contributed by atoms with Crippen LogP contribution >= 0.6 is 0 Å². The number of carbonyl (C=O) groups is 1. The molecule has 1 spiro atoms. The predicted molar refractivity (Wildman–Crippen MR) is 99.0 cm³/mol. The molecule has 2 aliphatic heterocycles. The van der Waals surface area contributed by atoms with Crippen LogP contribution in [-0.4, -0.2) is 65.6 Å². The lowest BCUT2D eigenvalue weighted by molar-refractivity contribution is 0.0319. The molecular formula is C20H26N4O3. The van der Waals surface area contributed by atoms with Crippen LogP contribution in [0, 0.1) is 11.3 Å². The Labute approximate surface area is 159 Å². The van der Waals surface area contributed by atoms with E-state index in [-0.39, 0.29) is 11.3 Å². The summed E-state index contributed by atoms with van der Waals surface area (Å²) < 4.78 is 10.5. The number of amides is 1. The Balaban J connectivity index is 1.42. The van der Waals surface area contributed by atoms with E-state index in [2.05, 4.69) is 20.9 Å². The van der Waals surface area contributed by atoms with Gasteiger partial charge in [-0.15, -0.1) is 0 Å². The lowest BCUT2D eigenvalue weighted by Crippen LogP contribution is -2.47. The van der Waals surface area contributed by atoms with E-state index in [1.165, 1.54) is 12.7 Å². The van der Waals surface area contributed by atoms with Gasteiger partial charge in [-0.3, -0.25) is 14.7 Å². The van der Waals surface area contributed by atoms with Gasteiger partial charge in [0.05, 0.1) is 12.3 Å². The van der Waals surface area contributed by atoms with Crippen LogP contribution < -0.4 is 0 Å². The zero-order valence-electron chi connectivity index (χ0n) is 15.7. The summed E-state index contributed by atoms with van der Waals surface area (Å²) in [7, 11) is 1.78. The summed E-state index contributed by atoms with van der Waals surface area (Å²) in [6.45, 7) is 5.18. The molecule has 2 saturated heterocycles. The number of piperidine rings is 1. The highest BCUT2D eigenvalue weighted by molar-refractivity contribution is 5.91. The zero-order valence-corrected chi connectivity index (χ0v) is 15.7. The van der Waals surface area contributed by atoms with Crippen LogP contribution in [0.15, 0.2) is 41.5 Å². The molecule has 2 fully saturated rings. The Hall–Kier alpha value is -2.25. The number of nitrogens with zero attached hydrogens (tertiary/aromatic N) is 4. The van der Waals surface area contributed by atoms with E-state index in [0.29, 0.717) is 11.6 Å². The molecule has 4 rings (SSSR count). The average Bonchev–Trinajstić information content (AvgIpc) is 3.33. The van der Waals surface area contributed by atoms with Gasteiger partial charge in [0.1, 0.15) is 6.26 Å². The quantitative estimate of drug-likeness (QED) is 0.802. The first-order valence-electron chi connectivity index (χ1n) is 9.49. The van der Waals surface area contributed by atoms with Gasteiger partial charge in [-0.1, -0.05) is 6.07 Å². The van der Waals surface area contributed by atoms with E-state index < -0.39 is 0 Å². The highest BCUT2D eigenvalue weighted by Gasteiger charge is 2.48. The van der Waals surface area contributed by atoms with Crippen molar-refractivity contribution in [3.8, 4) is 0 Å². The smallest absolute Gasteiger partial charge is 0.275 e. The second-order valence-electron chi connectivity index (χ2n) is 7.67. The maximum Gasteiger partial charge on any atom is 0.275 e. The summed E-state index contributed by atoms with van der Waals surface area (Å²) in [5, 5.41) is 0. The predicted octanol–water partition coefficient (Wildman–Crippen LogP) is 2.07. The third kappa shape index (κ3) is 3.75. The largest absolute Gasteiger partial charge is 0.451 e. The summed E-state index contributed by atoms with van der Waals surface area (Å²) in [6.07, 6.45) is 6.55. The summed E-state index contributed by atoms with van der Waals surface area (Å²) in [4.78, 5) is 25.4. The number of hydrogen-bond donors (Lipinski definition) is 0. The van der Waals surface area contributed by atoms with Crippen molar-refractivity contribution < 1.29 is 13.9 Å². The Bertz CT molecular complexity index is 742. The molecule has 2 aromatic rings. The summed E-state index contributed by atoms with van der Waals surface area (Å²) >= 11 is 0. The van der Waals surface area contributed by atoms with Gasteiger partial charge >= 0.3 is 0 Å². The molecule has 7 nitrogen and oxygen atoms in total. The molecule has 144 valence electrons. The van der Waals surface area contributed by atoms with E-state index in [4.69, 9.17) is 9.15 Å². The maximum absolute atomic E-state index is 12.5. The van der Waals surface area contributed by atoms with Gasteiger partial charge in [-0.2, -0.15) is 0 Å². The second kappa shape index (κ2) is 7.78.